The van der Waals surface area contributed by atoms with Gasteiger partial charge in [0.15, 0.2) is 0 Å². The summed E-state index contributed by atoms with van der Waals surface area (Å²) in [6.45, 7) is 6.73. The van der Waals surface area contributed by atoms with Gasteiger partial charge in [-0.15, -0.1) is 0 Å². The molecule has 0 radical (unpaired) electrons. The Morgan fingerprint density at radius 3 is 2.33 bits per heavy atom. The van der Waals surface area contributed by atoms with Crippen molar-refractivity contribution < 1.29 is 9.53 Å². The topological polar surface area (TPSA) is 57.4 Å². The summed E-state index contributed by atoms with van der Waals surface area (Å²) >= 11 is 0. The first-order chi connectivity index (χ1) is 14.4. The van der Waals surface area contributed by atoms with E-state index >= 15 is 0 Å². The Morgan fingerprint density at radius 1 is 1.03 bits per heavy atom. The summed E-state index contributed by atoms with van der Waals surface area (Å²) in [5.41, 5.74) is 7.63. The minimum absolute atomic E-state index is 0.442. The van der Waals surface area contributed by atoms with Gasteiger partial charge in [0.2, 0.25) is 0 Å². The van der Waals surface area contributed by atoms with Gasteiger partial charge in [-0.05, 0) is 68.5 Å². The summed E-state index contributed by atoms with van der Waals surface area (Å²) < 4.78 is 5.29. The lowest BCUT2D eigenvalue weighted by molar-refractivity contribution is 0.0636. The fraction of sp³-hybridized carbons (Fsp3) is 0.320. The summed E-state index contributed by atoms with van der Waals surface area (Å²) in [7, 11) is 0. The molecule has 1 aromatic heterocycles. The molecule has 1 amide bonds. The molecule has 1 atom stereocenters. The molecule has 1 saturated heterocycles. The first-order valence-corrected chi connectivity index (χ1v) is 10.6. The van der Waals surface area contributed by atoms with Crippen molar-refractivity contribution in [3.63, 3.8) is 0 Å². The Bertz CT molecular complexity index is 1050. The maximum Gasteiger partial charge on any atom is 0.412 e. The number of carbonyl (C=O) groups is 1. The molecule has 154 valence electrons. The lowest BCUT2D eigenvalue weighted by Gasteiger charge is -2.36. The third kappa shape index (κ3) is 3.45. The van der Waals surface area contributed by atoms with Gasteiger partial charge in [-0.1, -0.05) is 36.4 Å². The van der Waals surface area contributed by atoms with Crippen LogP contribution in [0.25, 0.3) is 22.4 Å². The minimum atomic E-state index is -0.512. The zero-order chi connectivity index (χ0) is 20.9. The fourth-order valence-corrected chi connectivity index (χ4v) is 4.41. The van der Waals surface area contributed by atoms with Crippen molar-refractivity contribution in [1.29, 1.82) is 0 Å². The molecule has 2 N–H and O–H groups in total. The van der Waals surface area contributed by atoms with Crippen molar-refractivity contribution in [1.82, 2.24) is 4.98 Å². The van der Waals surface area contributed by atoms with Gasteiger partial charge in [0, 0.05) is 17.9 Å². The Balaban J connectivity index is 1.27. The first-order valence-electron chi connectivity index (χ1n) is 10.6. The molecule has 2 aromatic carbocycles. The van der Waals surface area contributed by atoms with Crippen molar-refractivity contribution in [2.24, 2.45) is 0 Å². The molecule has 1 unspecified atom stereocenters. The van der Waals surface area contributed by atoms with Gasteiger partial charge < -0.3 is 14.6 Å². The molecule has 5 rings (SSSR count). The van der Waals surface area contributed by atoms with Crippen LogP contribution >= 0.6 is 0 Å². The van der Waals surface area contributed by atoms with Crippen LogP contribution in [0.4, 0.5) is 16.2 Å². The number of nitrogens with zero attached hydrogens (tertiary/aromatic N) is 1. The molecule has 3 heterocycles. The molecule has 1 fully saturated rings. The number of carbonyl (C=O) groups excluding carboxylic acids is 1. The van der Waals surface area contributed by atoms with Crippen LogP contribution in [0.5, 0.6) is 0 Å². The van der Waals surface area contributed by atoms with E-state index in [1.165, 1.54) is 42.0 Å². The lowest BCUT2D eigenvalue weighted by atomic mass is 10.0. The number of aromatic amines is 1. The third-order valence-electron chi connectivity index (χ3n) is 5.78. The molecule has 5 nitrogen and oxygen atoms in total. The smallest absolute Gasteiger partial charge is 0.412 e. The molecule has 0 saturated carbocycles. The van der Waals surface area contributed by atoms with E-state index in [0.717, 1.165) is 16.8 Å². The number of hydrogen-bond donors (Lipinski definition) is 2. The standard InChI is InChI=1S/C25H27N3O2/c1-25(2,3)30-24(29)26-19-12-10-17(11-13-19)16-6-8-18(9-7-16)20-15-22-23(27-20)21-5-4-14-28(21)22/h6-13,15,21,27H,4-5,14H2,1-3H3,(H,26,29). The van der Waals surface area contributed by atoms with Gasteiger partial charge in [0.25, 0.3) is 0 Å². The van der Waals surface area contributed by atoms with Crippen LogP contribution in [0.2, 0.25) is 0 Å². The van der Waals surface area contributed by atoms with E-state index in [9.17, 15) is 4.79 Å². The Morgan fingerprint density at radius 2 is 1.67 bits per heavy atom. The highest BCUT2D eigenvalue weighted by Gasteiger charge is 2.39. The number of aromatic nitrogens is 1. The molecule has 5 heteroatoms. The van der Waals surface area contributed by atoms with Gasteiger partial charge in [-0.25, -0.2) is 4.79 Å². The quantitative estimate of drug-likeness (QED) is 0.537. The van der Waals surface area contributed by atoms with E-state index in [2.05, 4.69) is 45.5 Å². The van der Waals surface area contributed by atoms with E-state index in [1.807, 2.05) is 45.0 Å². The SMILES string of the molecule is CC(C)(C)OC(=O)Nc1ccc(-c2ccc(-c3cc4c([nH]3)C3CCCN43)cc2)cc1. The summed E-state index contributed by atoms with van der Waals surface area (Å²) in [4.78, 5) is 18.0. The Labute approximate surface area is 177 Å². The van der Waals surface area contributed by atoms with Crippen LogP contribution in [0.1, 0.15) is 45.3 Å². The lowest BCUT2D eigenvalue weighted by Crippen LogP contribution is -2.32. The number of anilines is 2. The number of hydrogen-bond acceptors (Lipinski definition) is 3. The van der Waals surface area contributed by atoms with Crippen LogP contribution < -0.4 is 10.2 Å². The second-order valence-corrected chi connectivity index (χ2v) is 9.11. The van der Waals surface area contributed by atoms with E-state index in [-0.39, 0.29) is 0 Å². The molecule has 3 aromatic rings. The summed E-state index contributed by atoms with van der Waals surface area (Å²) in [6.07, 6.45) is 2.12. The van der Waals surface area contributed by atoms with Crippen molar-refractivity contribution in [2.45, 2.75) is 45.3 Å². The molecular formula is C25H27N3O2. The second kappa shape index (κ2) is 6.94. The predicted octanol–water partition coefficient (Wildman–Crippen LogP) is 6.35. The Hall–Kier alpha value is -3.21. The molecule has 30 heavy (non-hydrogen) atoms. The monoisotopic (exact) mass is 401 g/mol. The van der Waals surface area contributed by atoms with E-state index in [4.69, 9.17) is 4.74 Å². The van der Waals surface area contributed by atoms with Crippen LogP contribution in [0.3, 0.4) is 0 Å². The minimum Gasteiger partial charge on any atom is -0.444 e. The molecule has 2 aliphatic rings. The Kier molecular flexibility index (Phi) is 4.35. The zero-order valence-electron chi connectivity index (χ0n) is 17.7. The third-order valence-corrected chi connectivity index (χ3v) is 5.78. The molecule has 0 spiro atoms. The molecule has 2 aliphatic heterocycles. The van der Waals surface area contributed by atoms with Crippen molar-refractivity contribution in [3.05, 3.63) is 60.3 Å². The van der Waals surface area contributed by atoms with Gasteiger partial charge >= 0.3 is 6.09 Å². The average Bonchev–Trinajstić information content (AvgIpc) is 3.28. The normalized spacial score (nSPS) is 17.2. The number of amides is 1. The van der Waals surface area contributed by atoms with Gasteiger partial charge in [0.05, 0.1) is 17.4 Å². The van der Waals surface area contributed by atoms with Gasteiger partial charge in [0.1, 0.15) is 5.60 Å². The zero-order valence-corrected chi connectivity index (χ0v) is 17.7. The summed E-state index contributed by atoms with van der Waals surface area (Å²) in [5.74, 6) is 0. The van der Waals surface area contributed by atoms with Crippen molar-refractivity contribution in [2.75, 3.05) is 16.8 Å². The number of nitrogens with one attached hydrogen (secondary N) is 2. The fourth-order valence-electron chi connectivity index (χ4n) is 4.41. The molecule has 0 bridgehead atoms. The number of ether oxygens (including phenoxy) is 1. The highest BCUT2D eigenvalue weighted by atomic mass is 16.6. The largest absolute Gasteiger partial charge is 0.444 e. The summed E-state index contributed by atoms with van der Waals surface area (Å²) in [6, 6.07) is 19.3. The highest BCUT2D eigenvalue weighted by Crippen LogP contribution is 2.50. The van der Waals surface area contributed by atoms with E-state index < -0.39 is 11.7 Å². The van der Waals surface area contributed by atoms with Crippen LogP contribution in [0, 0.1) is 0 Å². The molecular weight excluding hydrogens is 374 g/mol. The maximum absolute atomic E-state index is 11.9. The van der Waals surface area contributed by atoms with E-state index in [0.29, 0.717) is 6.04 Å². The number of benzene rings is 2. The average molecular weight is 402 g/mol. The number of rotatable bonds is 3. The van der Waals surface area contributed by atoms with Crippen LogP contribution in [-0.4, -0.2) is 23.2 Å². The number of fused-ring (bicyclic) bond motifs is 4. The van der Waals surface area contributed by atoms with Crippen molar-refractivity contribution >= 4 is 17.5 Å². The van der Waals surface area contributed by atoms with Crippen LogP contribution in [-0.2, 0) is 4.74 Å². The summed E-state index contributed by atoms with van der Waals surface area (Å²) in [5, 5.41) is 2.77. The van der Waals surface area contributed by atoms with Gasteiger partial charge in [-0.2, -0.15) is 0 Å². The first kappa shape index (κ1) is 18.8. The maximum atomic E-state index is 11.9. The predicted molar refractivity (Wildman–Crippen MR) is 121 cm³/mol. The second-order valence-electron chi connectivity index (χ2n) is 9.11. The van der Waals surface area contributed by atoms with Gasteiger partial charge in [-0.3, -0.25) is 5.32 Å². The molecule has 0 aliphatic carbocycles. The van der Waals surface area contributed by atoms with Crippen LogP contribution in [0.15, 0.2) is 54.6 Å². The number of H-pyrrole nitrogens is 1. The van der Waals surface area contributed by atoms with E-state index in [1.54, 1.807) is 0 Å². The highest BCUT2D eigenvalue weighted by molar-refractivity contribution is 5.85. The van der Waals surface area contributed by atoms with Crippen molar-refractivity contribution in [3.8, 4) is 22.4 Å².